The molecular weight excluding hydrogens is 326 g/mol. The molecule has 0 saturated heterocycles. The molecule has 2 amide bonds. The largest absolute Gasteiger partial charge is 0.336 e. The Labute approximate surface area is 144 Å². The average Bonchev–Trinajstić information content (AvgIpc) is 2.61. The molecule has 2 aromatic carbocycles. The molecular formula is C19H18F2N2O2. The monoisotopic (exact) mass is 344 g/mol. The first-order chi connectivity index (χ1) is 12.0. The van der Waals surface area contributed by atoms with Crippen LogP contribution in [0.4, 0.5) is 14.5 Å². The first-order valence-electron chi connectivity index (χ1n) is 8.03. The molecule has 0 spiro atoms. The second kappa shape index (κ2) is 7.01. The molecule has 0 radical (unpaired) electrons. The van der Waals surface area contributed by atoms with E-state index in [9.17, 15) is 18.4 Å². The zero-order valence-corrected chi connectivity index (χ0v) is 13.8. The fraction of sp³-hybridized carbons (Fsp3) is 0.263. The fourth-order valence-electron chi connectivity index (χ4n) is 2.98. The van der Waals surface area contributed by atoms with Crippen LogP contribution in [0.5, 0.6) is 0 Å². The lowest BCUT2D eigenvalue weighted by Gasteiger charge is -2.31. The molecule has 2 aromatic rings. The Kier molecular flexibility index (Phi) is 4.79. The number of hydrogen-bond donors (Lipinski definition) is 0. The average molecular weight is 344 g/mol. The third kappa shape index (κ3) is 3.68. The molecule has 1 aliphatic heterocycles. The molecule has 0 N–H and O–H groups in total. The van der Waals surface area contributed by atoms with Crippen molar-refractivity contribution in [3.05, 3.63) is 65.2 Å². The first kappa shape index (κ1) is 17.1. The molecule has 1 heterocycles. The zero-order chi connectivity index (χ0) is 18.0. The number of rotatable bonds is 3. The zero-order valence-electron chi connectivity index (χ0n) is 13.8. The van der Waals surface area contributed by atoms with Crippen LogP contribution >= 0.6 is 0 Å². The highest BCUT2D eigenvalue weighted by Crippen LogP contribution is 2.21. The highest BCUT2D eigenvalue weighted by atomic mass is 19.2. The topological polar surface area (TPSA) is 40.6 Å². The molecule has 0 fully saturated rings. The second-order valence-corrected chi connectivity index (χ2v) is 6.04. The van der Waals surface area contributed by atoms with E-state index < -0.39 is 17.5 Å². The van der Waals surface area contributed by atoms with E-state index >= 15 is 0 Å². The van der Waals surface area contributed by atoms with Gasteiger partial charge in [0.05, 0.1) is 0 Å². The van der Waals surface area contributed by atoms with Crippen LogP contribution in [0.15, 0.2) is 42.5 Å². The minimum atomic E-state index is -1.05. The predicted octanol–water partition coefficient (Wildman–Crippen LogP) is 2.90. The fourth-order valence-corrected chi connectivity index (χ4v) is 2.98. The van der Waals surface area contributed by atoms with Crippen LogP contribution < -0.4 is 4.90 Å². The summed E-state index contributed by atoms with van der Waals surface area (Å²) in [5.41, 5.74) is 2.47. The van der Waals surface area contributed by atoms with E-state index in [1.54, 1.807) is 4.90 Å². The minimum Gasteiger partial charge on any atom is -0.336 e. The summed E-state index contributed by atoms with van der Waals surface area (Å²) in [6.45, 7) is 2.14. The highest BCUT2D eigenvalue weighted by Gasteiger charge is 2.24. The lowest BCUT2D eigenvalue weighted by Crippen LogP contribution is -2.44. The van der Waals surface area contributed by atoms with Gasteiger partial charge in [-0.3, -0.25) is 9.59 Å². The summed E-state index contributed by atoms with van der Waals surface area (Å²) >= 11 is 0. The summed E-state index contributed by atoms with van der Waals surface area (Å²) in [5, 5.41) is 0. The van der Waals surface area contributed by atoms with Crippen molar-refractivity contribution in [2.75, 3.05) is 18.0 Å². The Morgan fingerprint density at radius 1 is 1.08 bits per heavy atom. The van der Waals surface area contributed by atoms with Gasteiger partial charge in [-0.1, -0.05) is 24.3 Å². The Hall–Kier alpha value is -2.76. The quantitative estimate of drug-likeness (QED) is 0.859. The maximum absolute atomic E-state index is 13.5. The van der Waals surface area contributed by atoms with Gasteiger partial charge in [0.15, 0.2) is 11.6 Å². The smallest absolute Gasteiger partial charge is 0.242 e. The maximum Gasteiger partial charge on any atom is 0.242 e. The molecule has 25 heavy (non-hydrogen) atoms. The lowest BCUT2D eigenvalue weighted by atomic mass is 10.00. The van der Waals surface area contributed by atoms with E-state index in [1.807, 2.05) is 24.3 Å². The van der Waals surface area contributed by atoms with Crippen molar-refractivity contribution in [3.63, 3.8) is 0 Å². The summed E-state index contributed by atoms with van der Waals surface area (Å²) in [7, 11) is 0. The van der Waals surface area contributed by atoms with Crippen LogP contribution in [0.1, 0.15) is 18.1 Å². The van der Waals surface area contributed by atoms with Gasteiger partial charge in [-0.05, 0) is 29.7 Å². The Balaban J connectivity index is 1.75. The van der Waals surface area contributed by atoms with Crippen molar-refractivity contribution in [2.24, 2.45) is 0 Å². The molecule has 0 bridgehead atoms. The number of amides is 2. The molecule has 4 nitrogen and oxygen atoms in total. The van der Waals surface area contributed by atoms with Crippen LogP contribution in [0, 0.1) is 11.6 Å². The third-order valence-corrected chi connectivity index (χ3v) is 4.37. The van der Waals surface area contributed by atoms with E-state index in [-0.39, 0.29) is 18.1 Å². The summed E-state index contributed by atoms with van der Waals surface area (Å²) in [4.78, 5) is 27.3. The van der Waals surface area contributed by atoms with Crippen LogP contribution in [0.25, 0.3) is 0 Å². The van der Waals surface area contributed by atoms with E-state index in [0.717, 1.165) is 29.0 Å². The SMILES string of the molecule is CC(=O)N(CC(=O)N1CCc2ccccc2C1)c1ccc(F)c(F)c1. The van der Waals surface area contributed by atoms with Gasteiger partial charge in [-0.15, -0.1) is 0 Å². The minimum absolute atomic E-state index is 0.164. The summed E-state index contributed by atoms with van der Waals surface area (Å²) < 4.78 is 26.6. The normalized spacial score (nSPS) is 13.3. The van der Waals surface area contributed by atoms with E-state index in [0.29, 0.717) is 13.1 Å². The molecule has 1 aliphatic rings. The summed E-state index contributed by atoms with van der Waals surface area (Å²) in [5.74, 6) is -2.68. The van der Waals surface area contributed by atoms with Crippen LogP contribution in [0.3, 0.4) is 0 Å². The molecule has 0 aliphatic carbocycles. The van der Waals surface area contributed by atoms with Crippen molar-refractivity contribution in [2.45, 2.75) is 19.9 Å². The van der Waals surface area contributed by atoms with Crippen molar-refractivity contribution in [3.8, 4) is 0 Å². The maximum atomic E-state index is 13.5. The van der Waals surface area contributed by atoms with Crippen LogP contribution in [-0.4, -0.2) is 29.8 Å². The van der Waals surface area contributed by atoms with Gasteiger partial charge in [-0.25, -0.2) is 8.78 Å². The number of halogens is 2. The van der Waals surface area contributed by atoms with Gasteiger partial charge in [0.1, 0.15) is 6.54 Å². The Morgan fingerprint density at radius 3 is 2.48 bits per heavy atom. The van der Waals surface area contributed by atoms with Gasteiger partial charge in [0.25, 0.3) is 0 Å². The summed E-state index contributed by atoms with van der Waals surface area (Å²) in [6.07, 6.45) is 0.757. The summed E-state index contributed by atoms with van der Waals surface area (Å²) in [6, 6.07) is 11.1. The van der Waals surface area contributed by atoms with E-state index in [1.165, 1.54) is 18.6 Å². The number of benzene rings is 2. The predicted molar refractivity (Wildman–Crippen MR) is 89.9 cm³/mol. The van der Waals surface area contributed by atoms with Crippen molar-refractivity contribution >= 4 is 17.5 Å². The highest BCUT2D eigenvalue weighted by molar-refractivity contribution is 5.97. The number of carbonyl (C=O) groups is 2. The number of fused-ring (bicyclic) bond motifs is 1. The molecule has 130 valence electrons. The standard InChI is InChI=1S/C19H18F2N2O2/c1-13(24)23(16-6-7-17(20)18(21)10-16)12-19(25)22-9-8-14-4-2-3-5-15(14)11-22/h2-7,10H,8-9,11-12H2,1H3. The van der Waals surface area contributed by atoms with Crippen LogP contribution in [-0.2, 0) is 22.6 Å². The van der Waals surface area contributed by atoms with Crippen molar-refractivity contribution in [1.82, 2.24) is 4.90 Å². The first-order valence-corrected chi connectivity index (χ1v) is 8.03. The lowest BCUT2D eigenvalue weighted by molar-refractivity contribution is -0.132. The van der Waals surface area contributed by atoms with Gasteiger partial charge in [-0.2, -0.15) is 0 Å². The van der Waals surface area contributed by atoms with Gasteiger partial charge in [0.2, 0.25) is 11.8 Å². The third-order valence-electron chi connectivity index (χ3n) is 4.37. The molecule has 3 rings (SSSR count). The Bertz CT molecular complexity index is 823. The van der Waals surface area contributed by atoms with E-state index in [2.05, 4.69) is 0 Å². The van der Waals surface area contributed by atoms with Crippen molar-refractivity contribution < 1.29 is 18.4 Å². The number of nitrogens with zero attached hydrogens (tertiary/aromatic N) is 2. The molecule has 6 heteroatoms. The van der Waals surface area contributed by atoms with E-state index in [4.69, 9.17) is 0 Å². The molecule has 0 atom stereocenters. The molecule has 0 unspecified atom stereocenters. The molecule has 0 saturated carbocycles. The van der Waals surface area contributed by atoms with Gasteiger partial charge in [0, 0.05) is 31.8 Å². The second-order valence-electron chi connectivity index (χ2n) is 6.04. The Morgan fingerprint density at radius 2 is 1.80 bits per heavy atom. The number of anilines is 1. The van der Waals surface area contributed by atoms with Crippen molar-refractivity contribution in [1.29, 1.82) is 0 Å². The van der Waals surface area contributed by atoms with Gasteiger partial charge >= 0.3 is 0 Å². The number of hydrogen-bond acceptors (Lipinski definition) is 2. The molecule has 0 aromatic heterocycles. The van der Waals surface area contributed by atoms with Crippen LogP contribution in [0.2, 0.25) is 0 Å². The number of carbonyl (C=O) groups excluding carboxylic acids is 2. The van der Waals surface area contributed by atoms with Gasteiger partial charge < -0.3 is 9.80 Å².